The number of carbonyl (C=O) groups excluding carboxylic acids is 2. The van der Waals surface area contributed by atoms with Crippen molar-refractivity contribution in [1.82, 2.24) is 10.4 Å². The SMILES string of the molecule is NC(=O)c1cc2ccccc2o/c1=N\NC(=O)c1ccccn1. The van der Waals surface area contributed by atoms with Gasteiger partial charge in [-0.15, -0.1) is 5.10 Å². The van der Waals surface area contributed by atoms with Crippen molar-refractivity contribution in [2.75, 3.05) is 0 Å². The molecule has 0 saturated carbocycles. The summed E-state index contributed by atoms with van der Waals surface area (Å²) in [6.45, 7) is 0. The molecular weight excluding hydrogens is 296 g/mol. The highest BCUT2D eigenvalue weighted by Crippen LogP contribution is 2.12. The minimum atomic E-state index is -0.703. The molecule has 3 N–H and O–H groups in total. The predicted octanol–water partition coefficient (Wildman–Crippen LogP) is 1.17. The van der Waals surface area contributed by atoms with Crippen LogP contribution in [-0.2, 0) is 0 Å². The predicted molar refractivity (Wildman–Crippen MR) is 82.0 cm³/mol. The van der Waals surface area contributed by atoms with Crippen molar-refractivity contribution in [2.24, 2.45) is 10.8 Å². The lowest BCUT2D eigenvalue weighted by Crippen LogP contribution is -2.27. The Balaban J connectivity index is 2.02. The number of nitrogens with two attached hydrogens (primary N) is 1. The van der Waals surface area contributed by atoms with Crippen molar-refractivity contribution in [3.05, 3.63) is 71.5 Å². The van der Waals surface area contributed by atoms with E-state index in [1.54, 1.807) is 36.4 Å². The minimum Gasteiger partial charge on any atom is -0.436 e. The lowest BCUT2D eigenvalue weighted by molar-refractivity contribution is 0.0941. The molecule has 0 radical (unpaired) electrons. The lowest BCUT2D eigenvalue weighted by Gasteiger charge is -2.02. The van der Waals surface area contributed by atoms with Crippen molar-refractivity contribution in [3.8, 4) is 0 Å². The molecule has 2 heterocycles. The molecule has 2 aromatic heterocycles. The Bertz CT molecular complexity index is 948. The third-order valence-electron chi connectivity index (χ3n) is 3.08. The van der Waals surface area contributed by atoms with Crippen LogP contribution in [0.2, 0.25) is 0 Å². The van der Waals surface area contributed by atoms with Crippen LogP contribution in [0.25, 0.3) is 11.0 Å². The highest BCUT2D eigenvalue weighted by Gasteiger charge is 2.10. The Morgan fingerprint density at radius 2 is 1.91 bits per heavy atom. The molecule has 0 spiro atoms. The van der Waals surface area contributed by atoms with Gasteiger partial charge in [0.1, 0.15) is 16.8 Å². The molecule has 2 amide bonds. The molecule has 1 aromatic carbocycles. The van der Waals surface area contributed by atoms with Gasteiger partial charge in [0, 0.05) is 11.6 Å². The normalized spacial score (nSPS) is 11.4. The third kappa shape index (κ3) is 3.08. The van der Waals surface area contributed by atoms with Gasteiger partial charge in [0.2, 0.25) is 5.55 Å². The zero-order valence-electron chi connectivity index (χ0n) is 11.9. The average Bonchev–Trinajstić information content (AvgIpc) is 2.59. The largest absolute Gasteiger partial charge is 0.436 e. The van der Waals surface area contributed by atoms with Gasteiger partial charge in [-0.1, -0.05) is 24.3 Å². The molecule has 7 heteroatoms. The van der Waals surface area contributed by atoms with Crippen molar-refractivity contribution in [2.45, 2.75) is 0 Å². The van der Waals surface area contributed by atoms with Gasteiger partial charge < -0.3 is 10.2 Å². The molecule has 0 aliphatic heterocycles. The fourth-order valence-electron chi connectivity index (χ4n) is 1.98. The van der Waals surface area contributed by atoms with Crippen LogP contribution >= 0.6 is 0 Å². The molecule has 23 heavy (non-hydrogen) atoms. The molecule has 114 valence electrons. The number of hydrogen-bond donors (Lipinski definition) is 2. The van der Waals surface area contributed by atoms with Crippen LogP contribution in [0, 0.1) is 0 Å². The maximum Gasteiger partial charge on any atom is 0.290 e. The Labute approximate surface area is 130 Å². The van der Waals surface area contributed by atoms with Crippen LogP contribution in [0.5, 0.6) is 0 Å². The highest BCUT2D eigenvalue weighted by atomic mass is 16.3. The molecule has 0 atom stereocenters. The van der Waals surface area contributed by atoms with E-state index in [1.165, 1.54) is 12.3 Å². The van der Waals surface area contributed by atoms with Crippen LogP contribution in [0.3, 0.4) is 0 Å². The molecule has 0 aliphatic rings. The zero-order chi connectivity index (χ0) is 16.2. The van der Waals surface area contributed by atoms with Crippen molar-refractivity contribution < 1.29 is 14.0 Å². The molecule has 0 unspecified atom stereocenters. The molecule has 0 aliphatic carbocycles. The van der Waals surface area contributed by atoms with E-state index >= 15 is 0 Å². The molecule has 0 fully saturated rings. The molecule has 3 aromatic rings. The van der Waals surface area contributed by atoms with E-state index in [1.807, 2.05) is 6.07 Å². The van der Waals surface area contributed by atoms with Crippen molar-refractivity contribution >= 4 is 22.8 Å². The van der Waals surface area contributed by atoms with Gasteiger partial charge in [-0.05, 0) is 24.3 Å². The fraction of sp³-hybridized carbons (Fsp3) is 0. The summed E-state index contributed by atoms with van der Waals surface area (Å²) in [5, 5.41) is 4.55. The summed E-state index contributed by atoms with van der Waals surface area (Å²) in [6.07, 6.45) is 1.49. The van der Waals surface area contributed by atoms with Crippen LogP contribution < -0.4 is 16.7 Å². The number of carbonyl (C=O) groups is 2. The topological polar surface area (TPSA) is 111 Å². The number of pyridine rings is 1. The van der Waals surface area contributed by atoms with Gasteiger partial charge >= 0.3 is 0 Å². The van der Waals surface area contributed by atoms with E-state index in [2.05, 4.69) is 15.5 Å². The second kappa shape index (κ2) is 6.10. The lowest BCUT2D eigenvalue weighted by atomic mass is 10.2. The number of benzene rings is 1. The first-order valence-electron chi connectivity index (χ1n) is 6.73. The second-order valence-electron chi connectivity index (χ2n) is 4.64. The summed E-state index contributed by atoms with van der Waals surface area (Å²) in [5.41, 5.74) is 8.35. The molecule has 0 saturated heterocycles. The Morgan fingerprint density at radius 3 is 2.65 bits per heavy atom. The summed E-state index contributed by atoms with van der Waals surface area (Å²) in [5.74, 6) is -1.23. The Hall–Kier alpha value is -3.48. The van der Waals surface area contributed by atoms with E-state index in [0.717, 1.165) is 0 Å². The number of nitrogens with zero attached hydrogens (tertiary/aromatic N) is 2. The Kier molecular flexibility index (Phi) is 3.84. The summed E-state index contributed by atoms with van der Waals surface area (Å²) < 4.78 is 5.54. The average molecular weight is 308 g/mol. The molecule has 0 bridgehead atoms. The number of hydrogen-bond acceptors (Lipinski definition) is 5. The van der Waals surface area contributed by atoms with Gasteiger partial charge in [-0.2, -0.15) is 0 Å². The van der Waals surface area contributed by atoms with Gasteiger partial charge in [-0.25, -0.2) is 5.43 Å². The number of aromatic nitrogens is 1. The van der Waals surface area contributed by atoms with Gasteiger partial charge in [0.05, 0.1) is 0 Å². The van der Waals surface area contributed by atoms with Crippen LogP contribution in [0.1, 0.15) is 20.8 Å². The summed E-state index contributed by atoms with van der Waals surface area (Å²) in [4.78, 5) is 27.4. The first kappa shape index (κ1) is 14.5. The highest BCUT2D eigenvalue weighted by molar-refractivity contribution is 5.95. The van der Waals surface area contributed by atoms with Crippen LogP contribution in [-0.4, -0.2) is 16.8 Å². The van der Waals surface area contributed by atoms with E-state index in [9.17, 15) is 9.59 Å². The van der Waals surface area contributed by atoms with Crippen LogP contribution in [0.4, 0.5) is 0 Å². The van der Waals surface area contributed by atoms with Gasteiger partial charge in [0.25, 0.3) is 11.8 Å². The second-order valence-corrected chi connectivity index (χ2v) is 4.64. The number of nitrogens with one attached hydrogen (secondary N) is 1. The van der Waals surface area contributed by atoms with Gasteiger partial charge in [0.15, 0.2) is 0 Å². The minimum absolute atomic E-state index is 0.0690. The number of amides is 2. The smallest absolute Gasteiger partial charge is 0.290 e. The first-order valence-corrected chi connectivity index (χ1v) is 6.73. The maximum absolute atomic E-state index is 11.9. The fourth-order valence-corrected chi connectivity index (χ4v) is 1.98. The van der Waals surface area contributed by atoms with E-state index in [0.29, 0.717) is 11.0 Å². The zero-order valence-corrected chi connectivity index (χ0v) is 11.9. The monoisotopic (exact) mass is 308 g/mol. The molecule has 7 nitrogen and oxygen atoms in total. The number of rotatable bonds is 3. The number of para-hydroxylation sites is 1. The number of primary amides is 1. The van der Waals surface area contributed by atoms with E-state index in [-0.39, 0.29) is 16.8 Å². The van der Waals surface area contributed by atoms with E-state index in [4.69, 9.17) is 10.2 Å². The quantitative estimate of drug-likeness (QED) is 0.707. The van der Waals surface area contributed by atoms with Gasteiger partial charge in [-0.3, -0.25) is 14.6 Å². The first-order chi connectivity index (χ1) is 11.1. The summed E-state index contributed by atoms with van der Waals surface area (Å²) in [7, 11) is 0. The summed E-state index contributed by atoms with van der Waals surface area (Å²) in [6, 6.07) is 13.6. The Morgan fingerprint density at radius 1 is 1.13 bits per heavy atom. The van der Waals surface area contributed by atoms with Crippen LogP contribution in [0.15, 0.2) is 64.2 Å². The molecule has 3 rings (SSSR count). The standard InChI is InChI=1S/C16H12N4O3/c17-14(21)11-9-10-5-1-2-7-13(10)23-16(11)20-19-15(22)12-6-3-4-8-18-12/h1-9H,(H2,17,21)(H,19,22)/b20-16-. The maximum atomic E-state index is 11.9. The van der Waals surface area contributed by atoms with Crippen molar-refractivity contribution in [3.63, 3.8) is 0 Å². The summed E-state index contributed by atoms with van der Waals surface area (Å²) >= 11 is 0. The molecular formula is C16H12N4O3. The third-order valence-corrected chi connectivity index (χ3v) is 3.08. The van der Waals surface area contributed by atoms with Crippen molar-refractivity contribution in [1.29, 1.82) is 0 Å². The number of fused-ring (bicyclic) bond motifs is 1. The van der Waals surface area contributed by atoms with E-state index < -0.39 is 11.8 Å².